The molecule has 1 amide bonds. The van der Waals surface area contributed by atoms with Gasteiger partial charge in [-0.2, -0.15) is 5.10 Å². The number of nitrogens with zero attached hydrogens (tertiary/aromatic N) is 2. The van der Waals surface area contributed by atoms with E-state index in [1.165, 1.54) is 6.21 Å². The van der Waals surface area contributed by atoms with Crippen molar-refractivity contribution in [1.29, 1.82) is 0 Å². The Balaban J connectivity index is 1.56. The fourth-order valence-corrected chi connectivity index (χ4v) is 3.80. The molecule has 30 heavy (non-hydrogen) atoms. The Morgan fingerprint density at radius 2 is 1.77 bits per heavy atom. The molecule has 5 nitrogen and oxygen atoms in total. The lowest BCUT2D eigenvalue weighted by Crippen LogP contribution is -2.18. The first-order chi connectivity index (χ1) is 14.5. The predicted molar refractivity (Wildman–Crippen MR) is 121 cm³/mol. The normalized spacial score (nSPS) is 11.3. The Morgan fingerprint density at radius 3 is 2.50 bits per heavy atom. The van der Waals surface area contributed by atoms with E-state index in [4.69, 9.17) is 11.6 Å². The standard InChI is InChI=1S/C24H20ClN3O2/c1-15-7-8-16(2)28(15)18-10-11-20(22(25)13-18)24(30)27-26-14-21-19-6-4-3-5-17(19)9-12-23(21)29/h3-14,29H,1-2H3,(H,27,30)/b26-14-. The Labute approximate surface area is 179 Å². The third-order valence-corrected chi connectivity index (χ3v) is 5.35. The van der Waals surface area contributed by atoms with Gasteiger partial charge in [-0.05, 0) is 61.0 Å². The molecule has 1 heterocycles. The van der Waals surface area contributed by atoms with Crippen LogP contribution in [0.4, 0.5) is 0 Å². The van der Waals surface area contributed by atoms with Crippen LogP contribution < -0.4 is 5.43 Å². The van der Waals surface area contributed by atoms with E-state index in [0.29, 0.717) is 16.1 Å². The molecular formula is C24H20ClN3O2. The summed E-state index contributed by atoms with van der Waals surface area (Å²) >= 11 is 6.38. The van der Waals surface area contributed by atoms with Crippen LogP contribution >= 0.6 is 11.6 Å². The number of benzene rings is 3. The molecule has 4 aromatic rings. The van der Waals surface area contributed by atoms with Crippen molar-refractivity contribution >= 4 is 34.5 Å². The number of halogens is 1. The summed E-state index contributed by atoms with van der Waals surface area (Å²) in [7, 11) is 0. The maximum Gasteiger partial charge on any atom is 0.272 e. The topological polar surface area (TPSA) is 66.6 Å². The van der Waals surface area contributed by atoms with Crippen molar-refractivity contribution in [3.8, 4) is 11.4 Å². The van der Waals surface area contributed by atoms with Crippen LogP contribution in [0.15, 0.2) is 71.8 Å². The summed E-state index contributed by atoms with van der Waals surface area (Å²) in [6, 6.07) is 20.4. The zero-order valence-electron chi connectivity index (χ0n) is 16.6. The molecule has 0 aliphatic heterocycles. The maximum absolute atomic E-state index is 12.6. The highest BCUT2D eigenvalue weighted by atomic mass is 35.5. The zero-order chi connectivity index (χ0) is 21.3. The number of hydrogen-bond donors (Lipinski definition) is 2. The molecule has 0 spiro atoms. The number of amides is 1. The first-order valence-corrected chi connectivity index (χ1v) is 9.82. The highest BCUT2D eigenvalue weighted by Gasteiger charge is 2.13. The molecule has 0 saturated carbocycles. The molecule has 0 aliphatic carbocycles. The van der Waals surface area contributed by atoms with E-state index in [1.807, 2.05) is 62.4 Å². The molecular weight excluding hydrogens is 398 g/mol. The van der Waals surface area contributed by atoms with E-state index in [0.717, 1.165) is 27.8 Å². The van der Waals surface area contributed by atoms with Crippen molar-refractivity contribution in [2.75, 3.05) is 0 Å². The lowest BCUT2D eigenvalue weighted by molar-refractivity contribution is 0.0955. The van der Waals surface area contributed by atoms with Crippen molar-refractivity contribution in [2.45, 2.75) is 13.8 Å². The molecule has 0 fully saturated rings. The Hall–Kier alpha value is -3.57. The highest BCUT2D eigenvalue weighted by molar-refractivity contribution is 6.34. The molecule has 0 bridgehead atoms. The molecule has 1 aromatic heterocycles. The highest BCUT2D eigenvalue weighted by Crippen LogP contribution is 2.26. The Kier molecular flexibility index (Phi) is 5.29. The number of carbonyl (C=O) groups is 1. The van der Waals surface area contributed by atoms with E-state index in [9.17, 15) is 9.90 Å². The van der Waals surface area contributed by atoms with Gasteiger partial charge in [-0.1, -0.05) is 41.9 Å². The SMILES string of the molecule is Cc1ccc(C)n1-c1ccc(C(=O)N/N=C\c2c(O)ccc3ccccc23)c(Cl)c1. The van der Waals surface area contributed by atoms with Crippen molar-refractivity contribution in [2.24, 2.45) is 5.10 Å². The van der Waals surface area contributed by atoms with Gasteiger partial charge in [0.15, 0.2) is 0 Å². The minimum absolute atomic E-state index is 0.0894. The molecule has 150 valence electrons. The zero-order valence-corrected chi connectivity index (χ0v) is 17.3. The van der Waals surface area contributed by atoms with Gasteiger partial charge in [0.05, 0.1) is 16.8 Å². The average molecular weight is 418 g/mol. The third kappa shape index (κ3) is 3.67. The fraction of sp³-hybridized carbons (Fsp3) is 0.0833. The molecule has 2 N–H and O–H groups in total. The number of aryl methyl sites for hydroxylation is 2. The predicted octanol–water partition coefficient (Wildman–Crippen LogP) is 5.37. The average Bonchev–Trinajstić information content (AvgIpc) is 3.07. The van der Waals surface area contributed by atoms with Gasteiger partial charge >= 0.3 is 0 Å². The van der Waals surface area contributed by atoms with Crippen LogP contribution in [0.5, 0.6) is 5.75 Å². The summed E-state index contributed by atoms with van der Waals surface area (Å²) in [5.41, 5.74) is 6.40. The lowest BCUT2D eigenvalue weighted by Gasteiger charge is -2.11. The number of phenolic OH excluding ortho intramolecular Hbond substituents is 1. The Morgan fingerprint density at radius 1 is 1.03 bits per heavy atom. The van der Waals surface area contributed by atoms with Crippen LogP contribution in [0, 0.1) is 13.8 Å². The van der Waals surface area contributed by atoms with Crippen LogP contribution in [0.2, 0.25) is 5.02 Å². The van der Waals surface area contributed by atoms with Gasteiger partial charge < -0.3 is 9.67 Å². The van der Waals surface area contributed by atoms with Crippen LogP contribution in [-0.4, -0.2) is 21.8 Å². The first kappa shape index (κ1) is 19.7. The third-order valence-electron chi connectivity index (χ3n) is 5.03. The van der Waals surface area contributed by atoms with Gasteiger partial charge in [0.1, 0.15) is 5.75 Å². The van der Waals surface area contributed by atoms with Gasteiger partial charge in [-0.15, -0.1) is 0 Å². The molecule has 3 aromatic carbocycles. The van der Waals surface area contributed by atoms with Crippen molar-refractivity contribution in [3.05, 3.63) is 94.3 Å². The monoisotopic (exact) mass is 417 g/mol. The second kappa shape index (κ2) is 8.05. The smallest absolute Gasteiger partial charge is 0.272 e. The molecule has 0 radical (unpaired) electrons. The maximum atomic E-state index is 12.6. The van der Waals surface area contributed by atoms with Crippen molar-refractivity contribution in [3.63, 3.8) is 0 Å². The van der Waals surface area contributed by atoms with Gasteiger partial charge in [-0.25, -0.2) is 5.43 Å². The molecule has 0 atom stereocenters. The summed E-state index contributed by atoms with van der Waals surface area (Å²) in [4.78, 5) is 12.6. The van der Waals surface area contributed by atoms with Gasteiger partial charge in [0.25, 0.3) is 5.91 Å². The summed E-state index contributed by atoms with van der Waals surface area (Å²) in [5, 5.41) is 16.3. The lowest BCUT2D eigenvalue weighted by atomic mass is 10.0. The molecule has 4 rings (SSSR count). The van der Waals surface area contributed by atoms with Crippen molar-refractivity contribution < 1.29 is 9.90 Å². The minimum atomic E-state index is -0.427. The summed E-state index contributed by atoms with van der Waals surface area (Å²) < 4.78 is 2.06. The van der Waals surface area contributed by atoms with Gasteiger partial charge in [-0.3, -0.25) is 4.79 Å². The number of hydrogen-bond acceptors (Lipinski definition) is 3. The summed E-state index contributed by atoms with van der Waals surface area (Å²) in [6.07, 6.45) is 1.43. The van der Waals surface area contributed by atoms with E-state index in [1.54, 1.807) is 18.2 Å². The summed E-state index contributed by atoms with van der Waals surface area (Å²) in [6.45, 7) is 4.03. The van der Waals surface area contributed by atoms with Crippen LogP contribution in [-0.2, 0) is 0 Å². The number of aromatic hydroxyl groups is 1. The van der Waals surface area contributed by atoms with Crippen molar-refractivity contribution in [1.82, 2.24) is 9.99 Å². The van der Waals surface area contributed by atoms with Gasteiger partial charge in [0, 0.05) is 22.6 Å². The first-order valence-electron chi connectivity index (χ1n) is 9.44. The van der Waals surface area contributed by atoms with Crippen LogP contribution in [0.3, 0.4) is 0 Å². The van der Waals surface area contributed by atoms with E-state index in [-0.39, 0.29) is 5.75 Å². The molecule has 0 saturated heterocycles. The number of aromatic nitrogens is 1. The van der Waals surface area contributed by atoms with E-state index in [2.05, 4.69) is 15.1 Å². The minimum Gasteiger partial charge on any atom is -0.507 e. The number of hydrazone groups is 1. The fourth-order valence-electron chi connectivity index (χ4n) is 3.54. The number of carbonyl (C=O) groups excluding carboxylic acids is 1. The molecule has 0 aliphatic rings. The van der Waals surface area contributed by atoms with E-state index < -0.39 is 5.91 Å². The Bertz CT molecular complexity index is 1270. The quantitative estimate of drug-likeness (QED) is 0.346. The number of fused-ring (bicyclic) bond motifs is 1. The van der Waals surface area contributed by atoms with E-state index >= 15 is 0 Å². The number of nitrogens with one attached hydrogen (secondary N) is 1. The number of rotatable bonds is 4. The molecule has 0 unspecified atom stereocenters. The summed E-state index contributed by atoms with van der Waals surface area (Å²) in [5.74, 6) is -0.338. The number of phenols is 1. The second-order valence-corrected chi connectivity index (χ2v) is 7.44. The molecule has 6 heteroatoms. The second-order valence-electron chi connectivity index (χ2n) is 7.03. The van der Waals surface area contributed by atoms with Crippen LogP contribution in [0.25, 0.3) is 16.5 Å². The largest absolute Gasteiger partial charge is 0.507 e. The van der Waals surface area contributed by atoms with Gasteiger partial charge in [0.2, 0.25) is 0 Å². The van der Waals surface area contributed by atoms with Crippen LogP contribution in [0.1, 0.15) is 27.3 Å².